The Balaban J connectivity index is 1.87. The predicted molar refractivity (Wildman–Crippen MR) is 109 cm³/mol. The van der Waals surface area contributed by atoms with E-state index in [4.69, 9.17) is 4.74 Å². The van der Waals surface area contributed by atoms with Crippen LogP contribution in [0.5, 0.6) is 0 Å². The van der Waals surface area contributed by atoms with Gasteiger partial charge in [-0.2, -0.15) is 9.90 Å². The van der Waals surface area contributed by atoms with Gasteiger partial charge < -0.3 is 10.1 Å². The van der Waals surface area contributed by atoms with Crippen molar-refractivity contribution in [2.75, 3.05) is 7.11 Å². The third kappa shape index (κ3) is 4.68. The van der Waals surface area contributed by atoms with Crippen molar-refractivity contribution < 1.29 is 14.3 Å². The van der Waals surface area contributed by atoms with E-state index >= 15 is 0 Å². The first-order valence-electron chi connectivity index (χ1n) is 9.33. The number of nitrogens with zero attached hydrogens (tertiary/aromatic N) is 3. The highest BCUT2D eigenvalue weighted by atomic mass is 16.5. The lowest BCUT2D eigenvalue weighted by Crippen LogP contribution is -2.31. The zero-order valence-corrected chi connectivity index (χ0v) is 17.0. The number of benzene rings is 2. The summed E-state index contributed by atoms with van der Waals surface area (Å²) in [5.41, 5.74) is 4.50. The van der Waals surface area contributed by atoms with Gasteiger partial charge in [-0.05, 0) is 38.0 Å². The van der Waals surface area contributed by atoms with Crippen molar-refractivity contribution in [1.82, 2.24) is 20.3 Å². The predicted octanol–water partition coefficient (Wildman–Crippen LogP) is 3.23. The third-order valence-electron chi connectivity index (χ3n) is 4.67. The Morgan fingerprint density at radius 1 is 1.07 bits per heavy atom. The van der Waals surface area contributed by atoms with Crippen LogP contribution in [0.25, 0.3) is 5.69 Å². The fourth-order valence-electron chi connectivity index (χ4n) is 3.14. The van der Waals surface area contributed by atoms with Crippen LogP contribution in [0.15, 0.2) is 48.5 Å². The molecular formula is C22H24N4O3. The first-order valence-corrected chi connectivity index (χ1v) is 9.33. The van der Waals surface area contributed by atoms with Gasteiger partial charge in [-0.25, -0.2) is 0 Å². The largest absolute Gasteiger partial charge is 0.469 e. The van der Waals surface area contributed by atoms with Gasteiger partial charge in [0.15, 0.2) is 5.69 Å². The van der Waals surface area contributed by atoms with Gasteiger partial charge >= 0.3 is 5.97 Å². The van der Waals surface area contributed by atoms with E-state index in [1.54, 1.807) is 6.92 Å². The van der Waals surface area contributed by atoms with Crippen molar-refractivity contribution in [2.24, 2.45) is 0 Å². The normalized spacial score (nSPS) is 11.7. The summed E-state index contributed by atoms with van der Waals surface area (Å²) >= 11 is 0. The molecule has 0 saturated heterocycles. The van der Waals surface area contributed by atoms with Gasteiger partial charge in [-0.3, -0.25) is 9.59 Å². The first-order chi connectivity index (χ1) is 13.9. The highest BCUT2D eigenvalue weighted by molar-refractivity contribution is 5.93. The van der Waals surface area contributed by atoms with E-state index in [2.05, 4.69) is 15.5 Å². The van der Waals surface area contributed by atoms with Crippen molar-refractivity contribution in [1.29, 1.82) is 0 Å². The van der Waals surface area contributed by atoms with Crippen molar-refractivity contribution in [2.45, 2.75) is 33.2 Å². The number of nitrogens with one attached hydrogen (secondary N) is 1. The highest BCUT2D eigenvalue weighted by Gasteiger charge is 2.23. The summed E-state index contributed by atoms with van der Waals surface area (Å²) in [6, 6.07) is 14.7. The molecule has 1 aromatic heterocycles. The molecule has 29 heavy (non-hydrogen) atoms. The van der Waals surface area contributed by atoms with Crippen LogP contribution in [0.2, 0.25) is 0 Å². The molecule has 7 heteroatoms. The third-order valence-corrected chi connectivity index (χ3v) is 4.67. The minimum absolute atomic E-state index is 0.0243. The van der Waals surface area contributed by atoms with Gasteiger partial charge in [0.1, 0.15) is 0 Å². The number of ether oxygens (including phenoxy) is 1. The van der Waals surface area contributed by atoms with Gasteiger partial charge in [0.25, 0.3) is 5.91 Å². The van der Waals surface area contributed by atoms with E-state index in [1.807, 2.05) is 62.4 Å². The lowest BCUT2D eigenvalue weighted by atomic mass is 10.0. The van der Waals surface area contributed by atoms with Crippen LogP contribution in [0, 0.1) is 20.8 Å². The molecule has 0 aliphatic heterocycles. The van der Waals surface area contributed by atoms with Gasteiger partial charge in [-0.15, -0.1) is 5.10 Å². The molecule has 150 valence electrons. The fraction of sp³-hybridized carbons (Fsp3) is 0.273. The summed E-state index contributed by atoms with van der Waals surface area (Å²) in [7, 11) is 1.33. The number of hydrogen-bond acceptors (Lipinski definition) is 5. The molecule has 7 nitrogen and oxygen atoms in total. The standard InChI is InChI=1S/C22H24N4O3/c1-14-10-11-19(15(2)12-14)26-24-16(3)21(25-26)22(28)23-18(13-20(27)29-4)17-8-6-5-7-9-17/h5-12,18H,13H2,1-4H3,(H,23,28). The molecule has 1 atom stereocenters. The van der Waals surface area contributed by atoms with Crippen molar-refractivity contribution in [3.63, 3.8) is 0 Å². The van der Waals surface area contributed by atoms with Crippen LogP contribution >= 0.6 is 0 Å². The molecule has 1 unspecified atom stereocenters. The summed E-state index contributed by atoms with van der Waals surface area (Å²) in [4.78, 5) is 26.2. The Labute approximate surface area is 169 Å². The summed E-state index contributed by atoms with van der Waals surface area (Å²) in [5, 5.41) is 11.7. The molecule has 0 aliphatic rings. The minimum atomic E-state index is -0.526. The number of carbonyl (C=O) groups is 2. The molecule has 0 saturated carbocycles. The second kappa shape index (κ2) is 8.68. The zero-order chi connectivity index (χ0) is 21.0. The maximum Gasteiger partial charge on any atom is 0.307 e. The number of esters is 1. The molecule has 0 bridgehead atoms. The van der Waals surface area contributed by atoms with E-state index in [1.165, 1.54) is 11.9 Å². The average Bonchev–Trinajstić information content (AvgIpc) is 3.09. The second-order valence-electron chi connectivity index (χ2n) is 6.93. The topological polar surface area (TPSA) is 86.1 Å². The van der Waals surface area contributed by atoms with Crippen LogP contribution in [0.3, 0.4) is 0 Å². The number of methoxy groups -OCH3 is 1. The number of amides is 1. The van der Waals surface area contributed by atoms with E-state index in [-0.39, 0.29) is 12.1 Å². The Kier molecular flexibility index (Phi) is 6.07. The van der Waals surface area contributed by atoms with Crippen LogP contribution < -0.4 is 5.32 Å². The molecule has 2 aromatic carbocycles. The lowest BCUT2D eigenvalue weighted by Gasteiger charge is -2.17. The van der Waals surface area contributed by atoms with Crippen LogP contribution in [-0.4, -0.2) is 34.0 Å². The number of aryl methyl sites for hydroxylation is 3. The van der Waals surface area contributed by atoms with Gasteiger partial charge in [0.2, 0.25) is 0 Å². The smallest absolute Gasteiger partial charge is 0.307 e. The molecule has 3 aromatic rings. The molecule has 0 spiro atoms. The van der Waals surface area contributed by atoms with E-state index in [9.17, 15) is 9.59 Å². The summed E-state index contributed by atoms with van der Waals surface area (Å²) in [6.45, 7) is 5.73. The molecule has 0 fully saturated rings. The number of hydrogen-bond donors (Lipinski definition) is 1. The van der Waals surface area contributed by atoms with Crippen molar-refractivity contribution in [3.05, 3.63) is 76.6 Å². The maximum atomic E-state index is 12.9. The monoisotopic (exact) mass is 392 g/mol. The van der Waals surface area contributed by atoms with Crippen LogP contribution in [0.4, 0.5) is 0 Å². The summed E-state index contributed by atoms with van der Waals surface area (Å²) in [6.07, 6.45) is 0.0243. The van der Waals surface area contributed by atoms with Gasteiger partial charge in [-0.1, -0.05) is 48.0 Å². The van der Waals surface area contributed by atoms with Gasteiger partial charge in [0, 0.05) is 0 Å². The number of aromatic nitrogens is 3. The SMILES string of the molecule is COC(=O)CC(NC(=O)c1nn(-c2ccc(C)cc2C)nc1C)c1ccccc1. The second-order valence-corrected chi connectivity index (χ2v) is 6.93. The fourth-order valence-corrected chi connectivity index (χ4v) is 3.14. The molecular weight excluding hydrogens is 368 g/mol. The zero-order valence-electron chi connectivity index (χ0n) is 17.0. The van der Waals surface area contributed by atoms with E-state index in [0.717, 1.165) is 22.4 Å². The van der Waals surface area contributed by atoms with Crippen LogP contribution in [0.1, 0.15) is 45.3 Å². The summed E-state index contributed by atoms with van der Waals surface area (Å²) in [5.74, 6) is -0.800. The van der Waals surface area contributed by atoms with E-state index in [0.29, 0.717) is 5.69 Å². The first kappa shape index (κ1) is 20.3. The van der Waals surface area contributed by atoms with Crippen LogP contribution in [-0.2, 0) is 9.53 Å². The minimum Gasteiger partial charge on any atom is -0.469 e. The van der Waals surface area contributed by atoms with E-state index < -0.39 is 17.9 Å². The Hall–Kier alpha value is -3.48. The van der Waals surface area contributed by atoms with Crippen molar-refractivity contribution >= 4 is 11.9 Å². The maximum absolute atomic E-state index is 12.9. The average molecular weight is 392 g/mol. The van der Waals surface area contributed by atoms with Crippen molar-refractivity contribution in [3.8, 4) is 5.69 Å². The summed E-state index contributed by atoms with van der Waals surface area (Å²) < 4.78 is 4.78. The molecule has 1 N–H and O–H groups in total. The van der Waals surface area contributed by atoms with Gasteiger partial charge in [0.05, 0.1) is 31.0 Å². The lowest BCUT2D eigenvalue weighted by molar-refractivity contribution is -0.141. The highest BCUT2D eigenvalue weighted by Crippen LogP contribution is 2.19. The Morgan fingerprint density at radius 2 is 1.79 bits per heavy atom. The Morgan fingerprint density at radius 3 is 2.45 bits per heavy atom. The molecule has 0 radical (unpaired) electrons. The molecule has 3 rings (SSSR count). The quantitative estimate of drug-likeness (QED) is 0.651. The Bertz CT molecular complexity index is 1030. The number of carbonyl (C=O) groups excluding carboxylic acids is 2. The molecule has 0 aliphatic carbocycles. The molecule has 1 heterocycles. The molecule has 1 amide bonds. The number of rotatable bonds is 6.